The van der Waals surface area contributed by atoms with Crippen LogP contribution in [0.2, 0.25) is 0 Å². The second-order valence-corrected chi connectivity index (χ2v) is 6.21. The van der Waals surface area contributed by atoms with Gasteiger partial charge in [-0.05, 0) is 31.6 Å². The molecular weight excluding hydrogens is 240 g/mol. The Balaban J connectivity index is 2.17. The number of nitrogens with zero attached hydrogens (tertiary/aromatic N) is 1. The number of hydrogen-bond donors (Lipinski definition) is 1. The summed E-state index contributed by atoms with van der Waals surface area (Å²) in [5.41, 5.74) is 0. The van der Waals surface area contributed by atoms with Gasteiger partial charge in [0.25, 0.3) is 0 Å². The predicted molar refractivity (Wildman–Crippen MR) is 75.7 cm³/mol. The Bertz CT molecular complexity index is 319. The predicted octanol–water partition coefficient (Wildman–Crippen LogP) is 2.14. The lowest BCUT2D eigenvalue weighted by molar-refractivity contribution is -0.135. The molecule has 1 saturated carbocycles. The summed E-state index contributed by atoms with van der Waals surface area (Å²) in [5, 5.41) is 3.53. The van der Waals surface area contributed by atoms with Crippen molar-refractivity contribution in [2.75, 3.05) is 7.11 Å². The van der Waals surface area contributed by atoms with E-state index in [1.165, 1.54) is 0 Å². The zero-order valence-corrected chi connectivity index (χ0v) is 12.7. The first kappa shape index (κ1) is 14.8. The van der Waals surface area contributed by atoms with Crippen molar-refractivity contribution >= 4 is 5.91 Å². The first-order valence-corrected chi connectivity index (χ1v) is 7.71. The summed E-state index contributed by atoms with van der Waals surface area (Å²) in [6.45, 7) is 6.50. The maximum Gasteiger partial charge on any atom is 0.241 e. The van der Waals surface area contributed by atoms with E-state index in [4.69, 9.17) is 4.74 Å². The van der Waals surface area contributed by atoms with Crippen molar-refractivity contribution in [3.8, 4) is 0 Å². The molecule has 4 unspecified atom stereocenters. The van der Waals surface area contributed by atoms with Crippen molar-refractivity contribution in [3.63, 3.8) is 0 Å². The number of carbonyl (C=O) groups excluding carboxylic acids is 1. The van der Waals surface area contributed by atoms with Crippen LogP contribution in [0.5, 0.6) is 0 Å². The number of carbonyl (C=O) groups is 1. The molecule has 4 nitrogen and oxygen atoms in total. The van der Waals surface area contributed by atoms with Crippen LogP contribution in [0, 0.1) is 5.92 Å². The largest absolute Gasteiger partial charge is 0.379 e. The number of ether oxygens (including phenoxy) is 1. The summed E-state index contributed by atoms with van der Waals surface area (Å²) in [4.78, 5) is 14.8. The highest BCUT2D eigenvalue weighted by molar-refractivity contribution is 5.84. The molecule has 0 aromatic rings. The summed E-state index contributed by atoms with van der Waals surface area (Å²) in [6.07, 6.45) is 5.68. The Morgan fingerprint density at radius 2 is 2.16 bits per heavy atom. The van der Waals surface area contributed by atoms with Crippen molar-refractivity contribution in [3.05, 3.63) is 0 Å². The van der Waals surface area contributed by atoms with E-state index in [-0.39, 0.29) is 30.3 Å². The van der Waals surface area contributed by atoms with Crippen LogP contribution in [0.25, 0.3) is 0 Å². The summed E-state index contributed by atoms with van der Waals surface area (Å²) >= 11 is 0. The first-order valence-electron chi connectivity index (χ1n) is 7.71. The van der Waals surface area contributed by atoms with Gasteiger partial charge in [-0.1, -0.05) is 27.2 Å². The van der Waals surface area contributed by atoms with Crippen LogP contribution in [-0.4, -0.2) is 42.3 Å². The monoisotopic (exact) mass is 268 g/mol. The van der Waals surface area contributed by atoms with E-state index < -0.39 is 0 Å². The van der Waals surface area contributed by atoms with Gasteiger partial charge in [-0.15, -0.1) is 0 Å². The van der Waals surface area contributed by atoms with Gasteiger partial charge in [0.05, 0.1) is 24.4 Å². The highest BCUT2D eigenvalue weighted by Crippen LogP contribution is 2.32. The van der Waals surface area contributed by atoms with Crippen LogP contribution in [0.3, 0.4) is 0 Å². The lowest BCUT2D eigenvalue weighted by Crippen LogP contribution is -2.50. The molecule has 1 aliphatic carbocycles. The van der Waals surface area contributed by atoms with E-state index in [1.54, 1.807) is 7.11 Å². The summed E-state index contributed by atoms with van der Waals surface area (Å²) < 4.78 is 5.59. The van der Waals surface area contributed by atoms with Crippen LogP contribution >= 0.6 is 0 Å². The van der Waals surface area contributed by atoms with Crippen LogP contribution in [0.4, 0.5) is 0 Å². The maximum absolute atomic E-state index is 12.7. The fourth-order valence-electron chi connectivity index (χ4n) is 3.55. The van der Waals surface area contributed by atoms with E-state index >= 15 is 0 Å². The molecule has 0 radical (unpaired) electrons. The van der Waals surface area contributed by atoms with Gasteiger partial charge in [0, 0.05) is 7.11 Å². The average Bonchev–Trinajstić information content (AvgIpc) is 2.95. The van der Waals surface area contributed by atoms with Gasteiger partial charge in [0.1, 0.15) is 0 Å². The molecule has 2 rings (SSSR count). The van der Waals surface area contributed by atoms with Gasteiger partial charge in [-0.2, -0.15) is 0 Å². The van der Waals surface area contributed by atoms with E-state index in [2.05, 4.69) is 31.0 Å². The molecule has 0 spiro atoms. The lowest BCUT2D eigenvalue weighted by Gasteiger charge is -2.35. The van der Waals surface area contributed by atoms with Gasteiger partial charge in [0.2, 0.25) is 5.91 Å². The Hall–Kier alpha value is -0.610. The molecule has 1 N–H and O–H groups in total. The normalized spacial score (nSPS) is 35.6. The van der Waals surface area contributed by atoms with Gasteiger partial charge in [0.15, 0.2) is 0 Å². The first-order chi connectivity index (χ1) is 9.10. The molecule has 1 heterocycles. The third-order valence-electron chi connectivity index (χ3n) is 4.51. The van der Waals surface area contributed by atoms with Gasteiger partial charge in [-0.3, -0.25) is 10.1 Å². The maximum atomic E-state index is 12.7. The Kier molecular flexibility index (Phi) is 4.85. The number of rotatable bonds is 5. The number of nitrogens with one attached hydrogen (secondary N) is 1. The minimum atomic E-state index is 0.00973. The molecule has 0 aromatic heterocycles. The fraction of sp³-hybridized carbons (Fsp3) is 0.933. The van der Waals surface area contributed by atoms with Crippen LogP contribution in [-0.2, 0) is 9.53 Å². The van der Waals surface area contributed by atoms with Crippen molar-refractivity contribution in [1.29, 1.82) is 0 Å². The van der Waals surface area contributed by atoms with E-state index in [1.807, 2.05) is 0 Å². The van der Waals surface area contributed by atoms with E-state index in [0.717, 1.165) is 32.1 Å². The quantitative estimate of drug-likeness (QED) is 0.830. The smallest absolute Gasteiger partial charge is 0.241 e. The molecule has 4 heteroatoms. The minimum Gasteiger partial charge on any atom is -0.379 e. The standard InChI is InChI=1S/C15H28N2O2/c1-5-7-11-15(18)17(14(16-11)10(2)3)12-8-6-9-13(12)19-4/h10-14,16H,5-9H2,1-4H3. The number of hydrogen-bond acceptors (Lipinski definition) is 3. The van der Waals surface area contributed by atoms with Crippen molar-refractivity contribution < 1.29 is 9.53 Å². The second kappa shape index (κ2) is 6.23. The molecule has 1 aliphatic heterocycles. The van der Waals surface area contributed by atoms with Gasteiger partial charge >= 0.3 is 0 Å². The van der Waals surface area contributed by atoms with Gasteiger partial charge < -0.3 is 9.64 Å². The Labute approximate surface area is 116 Å². The van der Waals surface area contributed by atoms with Crippen LogP contribution in [0.15, 0.2) is 0 Å². The second-order valence-electron chi connectivity index (χ2n) is 6.21. The third-order valence-corrected chi connectivity index (χ3v) is 4.51. The summed E-state index contributed by atoms with van der Waals surface area (Å²) in [6, 6.07) is 0.273. The van der Waals surface area contributed by atoms with E-state index in [9.17, 15) is 4.79 Å². The highest BCUT2D eigenvalue weighted by Gasteiger charge is 2.46. The van der Waals surface area contributed by atoms with Crippen LogP contribution < -0.4 is 5.32 Å². The van der Waals surface area contributed by atoms with Crippen molar-refractivity contribution in [1.82, 2.24) is 10.2 Å². The molecule has 2 aliphatic rings. The number of methoxy groups -OCH3 is 1. The lowest BCUT2D eigenvalue weighted by atomic mass is 10.1. The Morgan fingerprint density at radius 1 is 1.42 bits per heavy atom. The summed E-state index contributed by atoms with van der Waals surface area (Å²) in [7, 11) is 1.77. The minimum absolute atomic E-state index is 0.00973. The molecule has 2 fully saturated rings. The molecule has 1 saturated heterocycles. The van der Waals surface area contributed by atoms with Crippen LogP contribution in [0.1, 0.15) is 52.9 Å². The fourth-order valence-corrected chi connectivity index (χ4v) is 3.55. The van der Waals surface area contributed by atoms with Gasteiger partial charge in [-0.25, -0.2) is 0 Å². The zero-order valence-electron chi connectivity index (χ0n) is 12.7. The SMILES string of the molecule is CCCC1NC(C(C)C)N(C2CCCC2OC)C1=O. The van der Waals surface area contributed by atoms with E-state index in [0.29, 0.717) is 5.92 Å². The molecule has 1 amide bonds. The number of amides is 1. The highest BCUT2D eigenvalue weighted by atomic mass is 16.5. The molecule has 0 aromatic carbocycles. The van der Waals surface area contributed by atoms with Crippen molar-refractivity contribution in [2.24, 2.45) is 5.92 Å². The molecule has 19 heavy (non-hydrogen) atoms. The molecule has 4 atom stereocenters. The summed E-state index contributed by atoms with van der Waals surface area (Å²) in [5.74, 6) is 0.721. The Morgan fingerprint density at radius 3 is 2.74 bits per heavy atom. The molecular formula is C15H28N2O2. The molecule has 110 valence electrons. The topological polar surface area (TPSA) is 41.6 Å². The molecule has 0 bridgehead atoms. The zero-order chi connectivity index (χ0) is 14.0. The van der Waals surface area contributed by atoms with Crippen molar-refractivity contribution in [2.45, 2.75) is 77.2 Å². The average molecular weight is 268 g/mol. The third kappa shape index (κ3) is 2.79.